The van der Waals surface area contributed by atoms with Gasteiger partial charge in [-0.25, -0.2) is 0 Å². The van der Waals surface area contributed by atoms with Crippen LogP contribution in [0.25, 0.3) is 0 Å². The highest BCUT2D eigenvalue weighted by Crippen LogP contribution is 2.19. The quantitative estimate of drug-likeness (QED) is 0.651. The lowest BCUT2D eigenvalue weighted by molar-refractivity contribution is -0.136. The van der Waals surface area contributed by atoms with Gasteiger partial charge in [0.05, 0.1) is 25.8 Å². The van der Waals surface area contributed by atoms with E-state index >= 15 is 0 Å². The van der Waals surface area contributed by atoms with Gasteiger partial charge in [0.15, 0.2) is 0 Å². The number of amides is 2. The van der Waals surface area contributed by atoms with Crippen LogP contribution in [0.5, 0.6) is 0 Å². The molecule has 3 rings (SSSR count). The van der Waals surface area contributed by atoms with Crippen molar-refractivity contribution in [2.45, 2.75) is 45.1 Å². The van der Waals surface area contributed by atoms with Gasteiger partial charge in [0.2, 0.25) is 11.8 Å². The first-order chi connectivity index (χ1) is 13.6. The first-order valence-electron chi connectivity index (χ1n) is 10.9. The number of morpholine rings is 1. The van der Waals surface area contributed by atoms with E-state index in [4.69, 9.17) is 4.74 Å². The first kappa shape index (κ1) is 21.3. The van der Waals surface area contributed by atoms with Gasteiger partial charge in [0.1, 0.15) is 0 Å². The van der Waals surface area contributed by atoms with Crippen LogP contribution in [-0.4, -0.2) is 98.1 Å². The standard InChI is InChI=1S/C21H36N4O3/c1-18(21(27)22-8-7-19-5-3-2-4-6-19)24-9-11-25(12-10-24)20(26)17-23-13-15-28-16-14-23/h5,18H,2-4,6-17H2,1H3,(H,22,27). The van der Waals surface area contributed by atoms with E-state index in [1.54, 1.807) is 0 Å². The molecule has 1 aliphatic carbocycles. The summed E-state index contributed by atoms with van der Waals surface area (Å²) < 4.78 is 5.34. The Bertz CT molecular complexity index is 552. The van der Waals surface area contributed by atoms with Crippen LogP contribution in [0.3, 0.4) is 0 Å². The number of rotatable bonds is 7. The third kappa shape index (κ3) is 6.29. The maximum atomic E-state index is 12.5. The Balaban J connectivity index is 1.34. The van der Waals surface area contributed by atoms with Crippen molar-refractivity contribution in [2.24, 2.45) is 0 Å². The van der Waals surface area contributed by atoms with Gasteiger partial charge in [-0.05, 0) is 39.0 Å². The Morgan fingerprint density at radius 1 is 1.11 bits per heavy atom. The van der Waals surface area contributed by atoms with Gasteiger partial charge in [-0.1, -0.05) is 11.6 Å². The number of carbonyl (C=O) groups is 2. The summed E-state index contributed by atoms with van der Waals surface area (Å²) in [7, 11) is 0. The lowest BCUT2D eigenvalue weighted by atomic mass is 9.97. The molecule has 28 heavy (non-hydrogen) atoms. The molecule has 2 amide bonds. The van der Waals surface area contributed by atoms with Crippen LogP contribution in [-0.2, 0) is 14.3 Å². The summed E-state index contributed by atoms with van der Waals surface area (Å²) in [6.07, 6.45) is 8.27. The van der Waals surface area contributed by atoms with Crippen molar-refractivity contribution in [2.75, 3.05) is 65.6 Å². The zero-order valence-corrected chi connectivity index (χ0v) is 17.3. The molecule has 158 valence electrons. The van der Waals surface area contributed by atoms with E-state index in [9.17, 15) is 9.59 Å². The number of hydrogen-bond donors (Lipinski definition) is 1. The van der Waals surface area contributed by atoms with Crippen molar-refractivity contribution in [3.63, 3.8) is 0 Å². The fourth-order valence-electron chi connectivity index (χ4n) is 4.20. The van der Waals surface area contributed by atoms with Crippen LogP contribution in [0.4, 0.5) is 0 Å². The summed E-state index contributed by atoms with van der Waals surface area (Å²) in [6.45, 7) is 9.20. The molecule has 2 fully saturated rings. The Morgan fingerprint density at radius 3 is 2.54 bits per heavy atom. The zero-order valence-electron chi connectivity index (χ0n) is 17.3. The van der Waals surface area contributed by atoms with Crippen LogP contribution in [0, 0.1) is 0 Å². The predicted octanol–water partition coefficient (Wildman–Crippen LogP) is 0.858. The highest BCUT2D eigenvalue weighted by atomic mass is 16.5. The molecule has 7 nitrogen and oxygen atoms in total. The van der Waals surface area contributed by atoms with E-state index in [1.807, 2.05) is 11.8 Å². The fraction of sp³-hybridized carbons (Fsp3) is 0.810. The normalized spacial score (nSPS) is 23.2. The van der Waals surface area contributed by atoms with Crippen LogP contribution < -0.4 is 5.32 Å². The summed E-state index contributed by atoms with van der Waals surface area (Å²) in [6, 6.07) is -0.142. The minimum Gasteiger partial charge on any atom is -0.379 e. The van der Waals surface area contributed by atoms with Gasteiger partial charge in [-0.2, -0.15) is 0 Å². The third-order valence-electron chi connectivity index (χ3n) is 6.19. The molecule has 7 heteroatoms. The minimum absolute atomic E-state index is 0.101. The molecule has 0 aromatic heterocycles. The third-order valence-corrected chi connectivity index (χ3v) is 6.19. The van der Waals surface area contributed by atoms with Crippen molar-refractivity contribution in [1.82, 2.24) is 20.0 Å². The summed E-state index contributed by atoms with van der Waals surface area (Å²) in [5.74, 6) is 0.295. The zero-order chi connectivity index (χ0) is 19.8. The Labute approximate surface area is 169 Å². The second-order valence-electron chi connectivity index (χ2n) is 8.13. The molecule has 0 radical (unpaired) electrons. The number of allylic oxidation sites excluding steroid dienone is 1. The van der Waals surface area contributed by atoms with E-state index in [-0.39, 0.29) is 17.9 Å². The Morgan fingerprint density at radius 2 is 1.86 bits per heavy atom. The topological polar surface area (TPSA) is 65.1 Å². The second-order valence-corrected chi connectivity index (χ2v) is 8.13. The van der Waals surface area contributed by atoms with Gasteiger partial charge in [0.25, 0.3) is 0 Å². The average Bonchev–Trinajstić information content (AvgIpc) is 2.74. The Hall–Kier alpha value is -1.44. The molecule has 0 bridgehead atoms. The number of nitrogens with zero attached hydrogens (tertiary/aromatic N) is 3. The smallest absolute Gasteiger partial charge is 0.237 e. The molecule has 0 spiro atoms. The summed E-state index contributed by atoms with van der Waals surface area (Å²) >= 11 is 0. The minimum atomic E-state index is -0.142. The molecule has 2 aliphatic heterocycles. The van der Waals surface area contributed by atoms with Crippen molar-refractivity contribution < 1.29 is 14.3 Å². The molecular formula is C21H36N4O3. The molecule has 1 N–H and O–H groups in total. The predicted molar refractivity (Wildman–Crippen MR) is 109 cm³/mol. The van der Waals surface area contributed by atoms with Gasteiger partial charge < -0.3 is 15.0 Å². The maximum absolute atomic E-state index is 12.5. The molecule has 0 aromatic rings. The SMILES string of the molecule is CC(C(=O)NCCC1=CCCCC1)N1CCN(C(=O)CN2CCOCC2)CC1. The van der Waals surface area contributed by atoms with Gasteiger partial charge in [-0.15, -0.1) is 0 Å². The molecule has 3 aliphatic rings. The number of carbonyl (C=O) groups excluding carboxylic acids is 2. The van der Waals surface area contributed by atoms with E-state index in [0.717, 1.165) is 39.1 Å². The highest BCUT2D eigenvalue weighted by Gasteiger charge is 2.28. The van der Waals surface area contributed by atoms with Gasteiger partial charge in [-0.3, -0.25) is 19.4 Å². The Kier molecular flexibility index (Phi) is 8.30. The largest absolute Gasteiger partial charge is 0.379 e. The molecule has 1 atom stereocenters. The van der Waals surface area contributed by atoms with E-state index in [1.165, 1.54) is 31.3 Å². The van der Waals surface area contributed by atoms with E-state index in [2.05, 4.69) is 21.2 Å². The average molecular weight is 393 g/mol. The van der Waals surface area contributed by atoms with Crippen LogP contribution in [0.1, 0.15) is 39.0 Å². The highest BCUT2D eigenvalue weighted by molar-refractivity contribution is 5.81. The van der Waals surface area contributed by atoms with Crippen LogP contribution in [0.2, 0.25) is 0 Å². The number of nitrogens with one attached hydrogen (secondary N) is 1. The molecule has 0 aromatic carbocycles. The number of hydrogen-bond acceptors (Lipinski definition) is 5. The lowest BCUT2D eigenvalue weighted by Crippen LogP contribution is -2.56. The number of ether oxygens (including phenoxy) is 1. The first-order valence-corrected chi connectivity index (χ1v) is 10.9. The summed E-state index contributed by atoms with van der Waals surface area (Å²) in [4.78, 5) is 31.3. The second kappa shape index (κ2) is 10.9. The van der Waals surface area contributed by atoms with Crippen molar-refractivity contribution in [3.05, 3.63) is 11.6 Å². The lowest BCUT2D eigenvalue weighted by Gasteiger charge is -2.38. The fourth-order valence-corrected chi connectivity index (χ4v) is 4.20. The van der Waals surface area contributed by atoms with E-state index < -0.39 is 0 Å². The molecule has 2 saturated heterocycles. The van der Waals surface area contributed by atoms with Crippen molar-refractivity contribution in [1.29, 1.82) is 0 Å². The monoisotopic (exact) mass is 392 g/mol. The maximum Gasteiger partial charge on any atom is 0.237 e. The molecular weight excluding hydrogens is 356 g/mol. The van der Waals surface area contributed by atoms with Crippen molar-refractivity contribution >= 4 is 11.8 Å². The van der Waals surface area contributed by atoms with Gasteiger partial charge in [0, 0.05) is 45.8 Å². The molecule has 0 saturated carbocycles. The van der Waals surface area contributed by atoms with Gasteiger partial charge >= 0.3 is 0 Å². The van der Waals surface area contributed by atoms with Crippen LogP contribution >= 0.6 is 0 Å². The summed E-state index contributed by atoms with van der Waals surface area (Å²) in [5, 5.41) is 3.09. The summed E-state index contributed by atoms with van der Waals surface area (Å²) in [5.41, 5.74) is 1.49. The molecule has 1 unspecified atom stereocenters. The van der Waals surface area contributed by atoms with E-state index in [0.29, 0.717) is 32.8 Å². The van der Waals surface area contributed by atoms with Crippen molar-refractivity contribution in [3.8, 4) is 0 Å². The molecule has 2 heterocycles. The number of piperazine rings is 1. The van der Waals surface area contributed by atoms with Crippen LogP contribution in [0.15, 0.2) is 11.6 Å².